The zero-order valence-corrected chi connectivity index (χ0v) is 13.1. The summed E-state index contributed by atoms with van der Waals surface area (Å²) in [6, 6.07) is 6.50. The number of methoxy groups -OCH3 is 1. The van der Waals surface area contributed by atoms with E-state index in [2.05, 4.69) is 0 Å². The van der Waals surface area contributed by atoms with Crippen molar-refractivity contribution in [3.8, 4) is 0 Å². The molecule has 0 amide bonds. The molecule has 3 N–H and O–H groups in total. The second-order valence-corrected chi connectivity index (χ2v) is 5.94. The molecule has 2 fully saturated rings. The highest BCUT2D eigenvalue weighted by molar-refractivity contribution is 5.29. The third kappa shape index (κ3) is 3.66. The lowest BCUT2D eigenvalue weighted by Gasteiger charge is -2.33. The van der Waals surface area contributed by atoms with Crippen molar-refractivity contribution in [2.45, 2.75) is 37.3 Å². The second-order valence-electron chi connectivity index (χ2n) is 5.94. The van der Waals surface area contributed by atoms with Crippen molar-refractivity contribution < 1.29 is 19.0 Å². The van der Waals surface area contributed by atoms with E-state index in [1.165, 1.54) is 18.9 Å². The van der Waals surface area contributed by atoms with E-state index in [9.17, 15) is 9.50 Å². The molecule has 1 saturated carbocycles. The first-order valence-corrected chi connectivity index (χ1v) is 7.88. The van der Waals surface area contributed by atoms with Gasteiger partial charge < -0.3 is 20.3 Å². The minimum absolute atomic E-state index is 0.0939. The SMILES string of the molecule is C1CCOC1.COC1CCC(N)(c2ccccc2F)C1CO. The van der Waals surface area contributed by atoms with Crippen molar-refractivity contribution in [3.63, 3.8) is 0 Å². The molecule has 1 aromatic carbocycles. The van der Waals surface area contributed by atoms with Gasteiger partial charge in [0.15, 0.2) is 0 Å². The van der Waals surface area contributed by atoms with E-state index in [0.717, 1.165) is 19.6 Å². The van der Waals surface area contributed by atoms with Crippen molar-refractivity contribution >= 4 is 0 Å². The molecule has 1 aromatic rings. The monoisotopic (exact) mass is 311 g/mol. The number of hydrogen-bond donors (Lipinski definition) is 2. The molecule has 22 heavy (non-hydrogen) atoms. The van der Waals surface area contributed by atoms with Gasteiger partial charge in [0.1, 0.15) is 5.82 Å². The maximum atomic E-state index is 13.8. The highest BCUT2D eigenvalue weighted by Gasteiger charge is 2.47. The Labute approximate surface area is 131 Å². The predicted molar refractivity (Wildman–Crippen MR) is 82.9 cm³/mol. The summed E-state index contributed by atoms with van der Waals surface area (Å²) in [7, 11) is 1.60. The molecular formula is C17H26FNO3. The van der Waals surface area contributed by atoms with Gasteiger partial charge in [0, 0.05) is 31.8 Å². The Hall–Kier alpha value is -1.01. The van der Waals surface area contributed by atoms with Gasteiger partial charge in [-0.1, -0.05) is 18.2 Å². The van der Waals surface area contributed by atoms with E-state index in [0.29, 0.717) is 12.0 Å². The number of benzene rings is 1. The first-order valence-electron chi connectivity index (χ1n) is 7.88. The van der Waals surface area contributed by atoms with Crippen LogP contribution >= 0.6 is 0 Å². The zero-order valence-electron chi connectivity index (χ0n) is 13.1. The van der Waals surface area contributed by atoms with Gasteiger partial charge in [0.05, 0.1) is 18.2 Å². The van der Waals surface area contributed by atoms with E-state index in [-0.39, 0.29) is 24.4 Å². The molecule has 4 nitrogen and oxygen atoms in total. The fraction of sp³-hybridized carbons (Fsp3) is 0.647. The van der Waals surface area contributed by atoms with Crippen LogP contribution in [0.4, 0.5) is 4.39 Å². The number of nitrogens with two attached hydrogens (primary N) is 1. The molecule has 1 heterocycles. The van der Waals surface area contributed by atoms with Gasteiger partial charge in [0.2, 0.25) is 0 Å². The largest absolute Gasteiger partial charge is 0.396 e. The highest BCUT2D eigenvalue weighted by atomic mass is 19.1. The van der Waals surface area contributed by atoms with Crippen LogP contribution in [0.5, 0.6) is 0 Å². The van der Waals surface area contributed by atoms with Crippen LogP contribution in [0.3, 0.4) is 0 Å². The van der Waals surface area contributed by atoms with Gasteiger partial charge in [-0.05, 0) is 31.7 Å². The van der Waals surface area contributed by atoms with Crippen LogP contribution in [-0.2, 0) is 15.0 Å². The van der Waals surface area contributed by atoms with Crippen LogP contribution in [0.25, 0.3) is 0 Å². The Morgan fingerprint density at radius 1 is 1.36 bits per heavy atom. The maximum absolute atomic E-state index is 13.8. The lowest BCUT2D eigenvalue weighted by Crippen LogP contribution is -2.45. The van der Waals surface area contributed by atoms with Crippen LogP contribution in [0.1, 0.15) is 31.2 Å². The minimum Gasteiger partial charge on any atom is -0.396 e. The summed E-state index contributed by atoms with van der Waals surface area (Å²) in [6.45, 7) is 1.91. The quantitative estimate of drug-likeness (QED) is 0.898. The molecule has 0 radical (unpaired) electrons. The highest BCUT2D eigenvalue weighted by Crippen LogP contribution is 2.43. The summed E-state index contributed by atoms with van der Waals surface area (Å²) >= 11 is 0. The van der Waals surface area contributed by atoms with Gasteiger partial charge in [-0.25, -0.2) is 4.39 Å². The molecule has 0 spiro atoms. The first-order chi connectivity index (χ1) is 10.6. The smallest absolute Gasteiger partial charge is 0.128 e. The van der Waals surface area contributed by atoms with Gasteiger partial charge in [-0.15, -0.1) is 0 Å². The summed E-state index contributed by atoms with van der Waals surface area (Å²) in [5.74, 6) is -0.574. The average molecular weight is 311 g/mol. The Bertz CT molecular complexity index is 459. The minimum atomic E-state index is -0.833. The maximum Gasteiger partial charge on any atom is 0.128 e. The summed E-state index contributed by atoms with van der Waals surface area (Å²) < 4.78 is 24.1. The number of aliphatic hydroxyl groups excluding tert-OH is 1. The lowest BCUT2D eigenvalue weighted by molar-refractivity contribution is 0.0253. The summed E-state index contributed by atoms with van der Waals surface area (Å²) in [5, 5.41) is 9.47. The fourth-order valence-corrected chi connectivity index (χ4v) is 3.35. The normalized spacial score (nSPS) is 30.9. The van der Waals surface area contributed by atoms with Crippen LogP contribution < -0.4 is 5.73 Å². The molecule has 2 aliphatic rings. The molecule has 3 unspecified atom stereocenters. The summed E-state index contributed by atoms with van der Waals surface area (Å²) in [4.78, 5) is 0. The second kappa shape index (κ2) is 8.02. The predicted octanol–water partition coefficient (Wildman–Crippen LogP) is 2.19. The molecule has 0 aromatic heterocycles. The van der Waals surface area contributed by atoms with Crippen LogP contribution in [-0.4, -0.2) is 38.1 Å². The first kappa shape index (κ1) is 17.3. The van der Waals surface area contributed by atoms with Gasteiger partial charge in [0.25, 0.3) is 0 Å². The molecule has 5 heteroatoms. The third-order valence-corrected chi connectivity index (χ3v) is 4.66. The van der Waals surface area contributed by atoms with E-state index in [1.807, 2.05) is 0 Å². The van der Waals surface area contributed by atoms with Crippen molar-refractivity contribution in [3.05, 3.63) is 35.6 Å². The Kier molecular flexibility index (Phi) is 6.32. The van der Waals surface area contributed by atoms with E-state index in [1.54, 1.807) is 25.3 Å². The number of hydrogen-bond acceptors (Lipinski definition) is 4. The van der Waals surface area contributed by atoms with E-state index >= 15 is 0 Å². The topological polar surface area (TPSA) is 64.7 Å². The number of aliphatic hydroxyl groups is 1. The average Bonchev–Trinajstić information content (AvgIpc) is 3.19. The molecule has 0 bridgehead atoms. The van der Waals surface area contributed by atoms with Gasteiger partial charge >= 0.3 is 0 Å². The van der Waals surface area contributed by atoms with Crippen molar-refractivity contribution in [2.75, 3.05) is 26.9 Å². The lowest BCUT2D eigenvalue weighted by atomic mass is 9.81. The Morgan fingerprint density at radius 2 is 2.05 bits per heavy atom. The molecular weight excluding hydrogens is 285 g/mol. The number of rotatable bonds is 3. The molecule has 3 atom stereocenters. The summed E-state index contributed by atoms with van der Waals surface area (Å²) in [5.41, 5.74) is 5.96. The molecule has 1 aliphatic heterocycles. The van der Waals surface area contributed by atoms with E-state index < -0.39 is 5.54 Å². The summed E-state index contributed by atoms with van der Waals surface area (Å²) in [6.07, 6.45) is 3.81. The fourth-order valence-electron chi connectivity index (χ4n) is 3.35. The van der Waals surface area contributed by atoms with Gasteiger partial charge in [-0.2, -0.15) is 0 Å². The third-order valence-electron chi connectivity index (χ3n) is 4.66. The van der Waals surface area contributed by atoms with Gasteiger partial charge in [-0.3, -0.25) is 0 Å². The molecule has 3 rings (SSSR count). The van der Waals surface area contributed by atoms with Crippen LogP contribution in [0.2, 0.25) is 0 Å². The van der Waals surface area contributed by atoms with Crippen LogP contribution in [0, 0.1) is 11.7 Å². The number of ether oxygens (including phenoxy) is 2. The Morgan fingerprint density at radius 3 is 2.55 bits per heavy atom. The molecule has 1 saturated heterocycles. The Balaban J connectivity index is 0.000000299. The number of halogens is 1. The molecule has 124 valence electrons. The van der Waals surface area contributed by atoms with Crippen molar-refractivity contribution in [2.24, 2.45) is 11.7 Å². The standard InChI is InChI=1S/C13H18FNO2.C4H8O/c1-17-12-6-7-13(15,10(12)8-16)9-4-2-3-5-11(9)14;1-2-4-5-3-1/h2-5,10,12,16H,6-8,15H2,1H3;1-4H2. The van der Waals surface area contributed by atoms with Crippen molar-refractivity contribution in [1.82, 2.24) is 0 Å². The van der Waals surface area contributed by atoms with Crippen molar-refractivity contribution in [1.29, 1.82) is 0 Å². The zero-order chi connectivity index (χ0) is 16.0. The van der Waals surface area contributed by atoms with E-state index in [4.69, 9.17) is 15.2 Å². The molecule has 1 aliphatic carbocycles. The van der Waals surface area contributed by atoms with Crippen LogP contribution in [0.15, 0.2) is 24.3 Å².